The van der Waals surface area contributed by atoms with E-state index in [-0.39, 0.29) is 11.2 Å². The number of hydrogen-bond donors (Lipinski definition) is 1. The van der Waals surface area contributed by atoms with Crippen LogP contribution >= 0.6 is 11.8 Å². The van der Waals surface area contributed by atoms with Crippen molar-refractivity contribution in [2.24, 2.45) is 0 Å². The molecular weight excluding hydrogens is 296 g/mol. The second-order valence-electron chi connectivity index (χ2n) is 5.60. The minimum absolute atomic E-state index is 0.153. The maximum Gasteiger partial charge on any atom is 0.304 e. The van der Waals surface area contributed by atoms with Crippen molar-refractivity contribution in [2.75, 3.05) is 6.61 Å². The molecule has 3 nitrogen and oxygen atoms in total. The smallest absolute Gasteiger partial charge is 0.304 e. The predicted octanol–water partition coefficient (Wildman–Crippen LogP) is 4.36. The van der Waals surface area contributed by atoms with Crippen molar-refractivity contribution >= 4 is 17.7 Å². The number of aliphatic carboxylic acids is 1. The number of carboxylic acid groups (broad SMARTS) is 1. The first-order valence-corrected chi connectivity index (χ1v) is 8.48. The van der Waals surface area contributed by atoms with Gasteiger partial charge < -0.3 is 9.84 Å². The van der Waals surface area contributed by atoms with Crippen LogP contribution in [0.25, 0.3) is 0 Å². The van der Waals surface area contributed by atoms with Crippen LogP contribution in [-0.2, 0) is 4.79 Å². The number of thioether (sulfide) groups is 1. The Morgan fingerprint density at radius 2 is 1.95 bits per heavy atom. The Morgan fingerprint density at radius 3 is 2.55 bits per heavy atom. The minimum Gasteiger partial charge on any atom is -0.481 e. The van der Waals surface area contributed by atoms with Gasteiger partial charge in [-0.1, -0.05) is 25.2 Å². The van der Waals surface area contributed by atoms with Crippen molar-refractivity contribution in [3.63, 3.8) is 0 Å². The topological polar surface area (TPSA) is 46.5 Å². The maximum absolute atomic E-state index is 11.2. The summed E-state index contributed by atoms with van der Waals surface area (Å²) in [6.45, 7) is 2.18. The van der Waals surface area contributed by atoms with Gasteiger partial charge in [-0.3, -0.25) is 4.79 Å². The van der Waals surface area contributed by atoms with Crippen LogP contribution in [0.15, 0.2) is 29.2 Å². The van der Waals surface area contributed by atoms with Gasteiger partial charge in [0.15, 0.2) is 0 Å². The van der Waals surface area contributed by atoms with E-state index in [9.17, 15) is 9.90 Å². The van der Waals surface area contributed by atoms with Gasteiger partial charge in [0.05, 0.1) is 6.42 Å². The summed E-state index contributed by atoms with van der Waals surface area (Å²) in [4.78, 5) is 12.3. The fourth-order valence-corrected chi connectivity index (χ4v) is 4.29. The van der Waals surface area contributed by atoms with Gasteiger partial charge in [-0.05, 0) is 44.0 Å². The summed E-state index contributed by atoms with van der Waals surface area (Å²) in [6, 6.07) is 7.88. The Hall–Kier alpha value is -1.60. The van der Waals surface area contributed by atoms with Gasteiger partial charge in [0.1, 0.15) is 12.4 Å². The molecule has 1 N–H and O–H groups in total. The molecular formula is C18H22O3S. The quantitative estimate of drug-likeness (QED) is 0.792. The average Bonchev–Trinajstić information content (AvgIpc) is 2.49. The first kappa shape index (κ1) is 16.8. The molecule has 0 saturated heterocycles. The highest BCUT2D eigenvalue weighted by atomic mass is 32.2. The average molecular weight is 318 g/mol. The Bertz CT molecular complexity index is 548. The van der Waals surface area contributed by atoms with Crippen LogP contribution in [-0.4, -0.2) is 22.4 Å². The zero-order chi connectivity index (χ0) is 15.8. The van der Waals surface area contributed by atoms with Crippen LogP contribution in [0, 0.1) is 11.8 Å². The van der Waals surface area contributed by atoms with Crippen molar-refractivity contribution in [1.82, 2.24) is 0 Å². The van der Waals surface area contributed by atoms with E-state index < -0.39 is 5.97 Å². The fourth-order valence-electron chi connectivity index (χ4n) is 2.83. The van der Waals surface area contributed by atoms with E-state index in [4.69, 9.17) is 4.74 Å². The van der Waals surface area contributed by atoms with Gasteiger partial charge in [-0.2, -0.15) is 0 Å². The molecule has 1 aliphatic carbocycles. The lowest BCUT2D eigenvalue weighted by Crippen LogP contribution is -2.30. The van der Waals surface area contributed by atoms with Crippen LogP contribution in [0.3, 0.4) is 0 Å². The van der Waals surface area contributed by atoms with Crippen LogP contribution in [0.4, 0.5) is 0 Å². The third kappa shape index (κ3) is 4.99. The SMILES string of the molecule is CC#CCOc1ccc(SC2(CC(=O)O)CCCCC2)cc1. The molecule has 0 aromatic heterocycles. The molecule has 4 heteroatoms. The Balaban J connectivity index is 2.02. The third-order valence-electron chi connectivity index (χ3n) is 3.88. The van der Waals surface area contributed by atoms with Crippen LogP contribution in [0.2, 0.25) is 0 Å². The third-order valence-corrected chi connectivity index (χ3v) is 5.38. The molecule has 0 spiro atoms. The number of benzene rings is 1. The minimum atomic E-state index is -0.701. The van der Waals surface area contributed by atoms with Crippen molar-refractivity contribution in [3.8, 4) is 17.6 Å². The first-order chi connectivity index (χ1) is 10.6. The van der Waals surface area contributed by atoms with E-state index in [1.807, 2.05) is 24.3 Å². The standard InChI is InChI=1S/C18H22O3S/c1-2-3-13-21-15-7-9-16(10-8-15)22-18(14-17(19)20)11-5-4-6-12-18/h7-10H,4-6,11-14H2,1H3,(H,19,20). The molecule has 2 rings (SSSR count). The molecule has 1 fully saturated rings. The molecule has 0 amide bonds. The van der Waals surface area contributed by atoms with E-state index >= 15 is 0 Å². The van der Waals surface area contributed by atoms with Gasteiger partial charge in [-0.15, -0.1) is 17.7 Å². The summed E-state index contributed by atoms with van der Waals surface area (Å²) in [5.74, 6) is 5.75. The van der Waals surface area contributed by atoms with Crippen LogP contribution < -0.4 is 4.74 Å². The Kier molecular flexibility index (Phi) is 6.21. The summed E-state index contributed by atoms with van der Waals surface area (Å²) >= 11 is 1.71. The van der Waals surface area contributed by atoms with Crippen molar-refractivity contribution in [3.05, 3.63) is 24.3 Å². The van der Waals surface area contributed by atoms with E-state index in [0.717, 1.165) is 36.3 Å². The molecule has 0 atom stereocenters. The Morgan fingerprint density at radius 1 is 1.27 bits per heavy atom. The van der Waals surface area contributed by atoms with E-state index in [2.05, 4.69) is 11.8 Å². The second kappa shape index (κ2) is 8.14. The second-order valence-corrected chi connectivity index (χ2v) is 7.14. The fraction of sp³-hybridized carbons (Fsp3) is 0.500. The summed E-state index contributed by atoms with van der Waals surface area (Å²) in [5.41, 5.74) is 0. The summed E-state index contributed by atoms with van der Waals surface area (Å²) in [6.07, 6.45) is 5.66. The summed E-state index contributed by atoms with van der Waals surface area (Å²) in [7, 11) is 0. The van der Waals surface area contributed by atoms with Gasteiger partial charge >= 0.3 is 5.97 Å². The normalized spacial score (nSPS) is 16.4. The molecule has 0 aliphatic heterocycles. The summed E-state index contributed by atoms with van der Waals surface area (Å²) < 4.78 is 5.35. The largest absolute Gasteiger partial charge is 0.481 e. The molecule has 0 bridgehead atoms. The summed E-state index contributed by atoms with van der Waals surface area (Å²) in [5, 5.41) is 9.23. The lowest BCUT2D eigenvalue weighted by molar-refractivity contribution is -0.137. The van der Waals surface area contributed by atoms with Crippen LogP contribution in [0.5, 0.6) is 5.75 Å². The van der Waals surface area contributed by atoms with Gasteiger partial charge in [0, 0.05) is 9.64 Å². The van der Waals surface area contributed by atoms with Crippen molar-refractivity contribution in [2.45, 2.75) is 55.1 Å². The molecule has 1 aliphatic rings. The molecule has 0 unspecified atom stereocenters. The molecule has 0 radical (unpaired) electrons. The number of carboxylic acids is 1. The zero-order valence-electron chi connectivity index (χ0n) is 12.9. The van der Waals surface area contributed by atoms with Gasteiger partial charge in [0.2, 0.25) is 0 Å². The lowest BCUT2D eigenvalue weighted by atomic mass is 9.86. The molecule has 0 heterocycles. The number of ether oxygens (including phenoxy) is 1. The Labute approximate surface area is 136 Å². The van der Waals surface area contributed by atoms with Gasteiger partial charge in [-0.25, -0.2) is 0 Å². The van der Waals surface area contributed by atoms with Gasteiger partial charge in [0.25, 0.3) is 0 Å². The number of carbonyl (C=O) groups is 1. The van der Waals surface area contributed by atoms with Crippen molar-refractivity contribution in [1.29, 1.82) is 0 Å². The lowest BCUT2D eigenvalue weighted by Gasteiger charge is -2.35. The van der Waals surface area contributed by atoms with E-state index in [0.29, 0.717) is 6.61 Å². The highest BCUT2D eigenvalue weighted by molar-refractivity contribution is 8.00. The monoisotopic (exact) mass is 318 g/mol. The van der Waals surface area contributed by atoms with Crippen LogP contribution in [0.1, 0.15) is 45.4 Å². The maximum atomic E-state index is 11.2. The number of hydrogen-bond acceptors (Lipinski definition) is 3. The molecule has 22 heavy (non-hydrogen) atoms. The first-order valence-electron chi connectivity index (χ1n) is 7.67. The molecule has 1 aromatic carbocycles. The van der Waals surface area contributed by atoms with E-state index in [1.165, 1.54) is 6.42 Å². The molecule has 118 valence electrons. The predicted molar refractivity (Wildman–Crippen MR) is 89.3 cm³/mol. The molecule has 1 saturated carbocycles. The van der Waals surface area contributed by atoms with E-state index in [1.54, 1.807) is 18.7 Å². The molecule has 1 aromatic rings. The highest BCUT2D eigenvalue weighted by Crippen LogP contribution is 2.46. The zero-order valence-corrected chi connectivity index (χ0v) is 13.7. The van der Waals surface area contributed by atoms with Crippen molar-refractivity contribution < 1.29 is 14.6 Å². The number of rotatable bonds is 6. The highest BCUT2D eigenvalue weighted by Gasteiger charge is 2.35.